The molecule has 0 saturated heterocycles. The van der Waals surface area contributed by atoms with Crippen LogP contribution in [0.25, 0.3) is 6.08 Å². The molecular weight excluding hydrogens is 344 g/mol. The number of aryl methyl sites for hydroxylation is 2. The van der Waals surface area contributed by atoms with Gasteiger partial charge in [0.1, 0.15) is 0 Å². The predicted molar refractivity (Wildman–Crippen MR) is 104 cm³/mol. The Kier molecular flexibility index (Phi) is 5.76. The number of benzene rings is 1. The zero-order valence-corrected chi connectivity index (χ0v) is 15.3. The molecule has 0 unspecified atom stereocenters. The Labute approximate surface area is 156 Å². The fraction of sp³-hybridized carbons (Fsp3) is 0.100. The largest absolute Gasteiger partial charge is 0.323 e. The lowest BCUT2D eigenvalue weighted by atomic mass is 10.2. The quantitative estimate of drug-likeness (QED) is 0.542. The number of anilines is 1. The number of hydrogen-bond donors (Lipinski definition) is 1. The third-order valence-corrected chi connectivity index (χ3v) is 4.28. The van der Waals surface area contributed by atoms with Crippen LogP contribution in [-0.4, -0.2) is 20.9 Å². The summed E-state index contributed by atoms with van der Waals surface area (Å²) < 4.78 is 0. The van der Waals surface area contributed by atoms with Gasteiger partial charge < -0.3 is 5.32 Å². The van der Waals surface area contributed by atoms with Gasteiger partial charge in [0.05, 0.1) is 0 Å². The van der Waals surface area contributed by atoms with E-state index in [1.54, 1.807) is 18.5 Å². The Hall–Kier alpha value is -2.99. The number of nitrogens with one attached hydrogen (secondary N) is 1. The molecule has 6 heteroatoms. The maximum Gasteiger partial charge on any atom is 0.248 e. The van der Waals surface area contributed by atoms with Crippen LogP contribution in [0.2, 0.25) is 0 Å². The highest BCUT2D eigenvalue weighted by Crippen LogP contribution is 2.26. The Morgan fingerprint density at radius 2 is 1.81 bits per heavy atom. The third kappa shape index (κ3) is 5.26. The fourth-order valence-electron chi connectivity index (χ4n) is 2.28. The molecule has 5 nitrogen and oxygen atoms in total. The topological polar surface area (TPSA) is 67.8 Å². The molecule has 0 spiro atoms. The second-order valence-corrected chi connectivity index (χ2v) is 6.71. The number of pyridine rings is 1. The first-order valence-electron chi connectivity index (χ1n) is 8.08. The van der Waals surface area contributed by atoms with Crippen LogP contribution in [0.3, 0.4) is 0 Å². The SMILES string of the molecule is Cc1cc(C)nc(Sc2ccc(NC(=O)/C=C/c3cccnc3)cc2)n1. The summed E-state index contributed by atoms with van der Waals surface area (Å²) in [4.78, 5) is 25.9. The highest BCUT2D eigenvalue weighted by atomic mass is 32.2. The molecule has 0 aliphatic carbocycles. The van der Waals surface area contributed by atoms with E-state index in [0.29, 0.717) is 0 Å². The van der Waals surface area contributed by atoms with Gasteiger partial charge in [0.25, 0.3) is 0 Å². The summed E-state index contributed by atoms with van der Waals surface area (Å²) in [5.74, 6) is -0.188. The fourth-order valence-corrected chi connectivity index (χ4v) is 3.14. The predicted octanol–water partition coefficient (Wildman–Crippen LogP) is 4.29. The molecule has 3 aromatic rings. The van der Waals surface area contributed by atoms with Crippen LogP contribution in [0.5, 0.6) is 0 Å². The molecule has 0 atom stereocenters. The van der Waals surface area contributed by atoms with Gasteiger partial charge in [-0.2, -0.15) is 0 Å². The van der Waals surface area contributed by atoms with Gasteiger partial charge in [-0.1, -0.05) is 6.07 Å². The van der Waals surface area contributed by atoms with Gasteiger partial charge in [0.2, 0.25) is 5.91 Å². The molecule has 130 valence electrons. The van der Waals surface area contributed by atoms with Crippen molar-refractivity contribution >= 4 is 29.4 Å². The van der Waals surface area contributed by atoms with Crippen molar-refractivity contribution in [3.05, 3.63) is 77.9 Å². The van der Waals surface area contributed by atoms with Crippen LogP contribution in [-0.2, 0) is 4.79 Å². The van der Waals surface area contributed by atoms with Crippen molar-refractivity contribution in [3.8, 4) is 0 Å². The first-order chi connectivity index (χ1) is 12.6. The second kappa shape index (κ2) is 8.40. The Balaban J connectivity index is 1.60. The molecule has 0 aliphatic heterocycles. The standard InChI is InChI=1S/C20H18N4OS/c1-14-12-15(2)23-20(22-14)26-18-8-6-17(7-9-18)24-19(25)10-5-16-4-3-11-21-13-16/h3-13H,1-2H3,(H,24,25)/b10-5+. The van der Waals surface area contributed by atoms with Crippen molar-refractivity contribution in [1.82, 2.24) is 15.0 Å². The molecule has 0 bridgehead atoms. The van der Waals surface area contributed by atoms with Crippen LogP contribution in [0, 0.1) is 13.8 Å². The second-order valence-electron chi connectivity index (χ2n) is 5.67. The van der Waals surface area contributed by atoms with Crippen molar-refractivity contribution < 1.29 is 4.79 Å². The van der Waals surface area contributed by atoms with Gasteiger partial charge in [0.15, 0.2) is 5.16 Å². The molecule has 0 saturated carbocycles. The van der Waals surface area contributed by atoms with Crippen molar-refractivity contribution in [2.24, 2.45) is 0 Å². The van der Waals surface area contributed by atoms with E-state index in [0.717, 1.165) is 32.7 Å². The normalized spacial score (nSPS) is 10.8. The van der Waals surface area contributed by atoms with Crippen molar-refractivity contribution in [2.75, 3.05) is 5.32 Å². The van der Waals surface area contributed by atoms with Crippen LogP contribution < -0.4 is 5.32 Å². The first-order valence-corrected chi connectivity index (χ1v) is 8.89. The summed E-state index contributed by atoms with van der Waals surface area (Å²) in [7, 11) is 0. The molecule has 0 radical (unpaired) electrons. The van der Waals surface area contributed by atoms with Crippen molar-refractivity contribution in [1.29, 1.82) is 0 Å². The summed E-state index contributed by atoms with van der Waals surface area (Å²) in [5, 5.41) is 3.56. The molecule has 1 aromatic carbocycles. The highest BCUT2D eigenvalue weighted by Gasteiger charge is 2.04. The molecule has 0 aliphatic rings. The first kappa shape index (κ1) is 17.8. The molecule has 0 fully saturated rings. The summed E-state index contributed by atoms with van der Waals surface area (Å²) in [6.45, 7) is 3.91. The van der Waals surface area contributed by atoms with Crippen molar-refractivity contribution in [3.63, 3.8) is 0 Å². The smallest absolute Gasteiger partial charge is 0.248 e. The summed E-state index contributed by atoms with van der Waals surface area (Å²) in [6, 6.07) is 13.3. The number of hydrogen-bond acceptors (Lipinski definition) is 5. The van der Waals surface area contributed by atoms with E-state index >= 15 is 0 Å². The lowest BCUT2D eigenvalue weighted by molar-refractivity contribution is -0.111. The van der Waals surface area contributed by atoms with E-state index in [-0.39, 0.29) is 5.91 Å². The van der Waals surface area contributed by atoms with E-state index in [1.807, 2.05) is 56.3 Å². The number of carbonyl (C=O) groups is 1. The van der Waals surface area contributed by atoms with Gasteiger partial charge in [-0.3, -0.25) is 9.78 Å². The molecule has 2 heterocycles. The number of amides is 1. The number of nitrogens with zero attached hydrogens (tertiary/aromatic N) is 3. The molecule has 2 aromatic heterocycles. The molecule has 3 rings (SSSR count). The molecule has 1 N–H and O–H groups in total. The summed E-state index contributed by atoms with van der Waals surface area (Å²) in [6.07, 6.45) is 6.61. The van der Waals surface area contributed by atoms with E-state index in [9.17, 15) is 4.79 Å². The maximum atomic E-state index is 12.0. The van der Waals surface area contributed by atoms with Crippen molar-refractivity contribution in [2.45, 2.75) is 23.9 Å². The summed E-state index contributed by atoms with van der Waals surface area (Å²) in [5.41, 5.74) is 3.51. The summed E-state index contributed by atoms with van der Waals surface area (Å²) >= 11 is 1.50. The Morgan fingerprint density at radius 3 is 2.46 bits per heavy atom. The average Bonchev–Trinajstić information content (AvgIpc) is 2.62. The Morgan fingerprint density at radius 1 is 1.08 bits per heavy atom. The van der Waals surface area contributed by atoms with Crippen LogP contribution in [0.15, 0.2) is 71.0 Å². The van der Waals surface area contributed by atoms with Gasteiger partial charge in [-0.15, -0.1) is 0 Å². The maximum absolute atomic E-state index is 12.0. The highest BCUT2D eigenvalue weighted by molar-refractivity contribution is 7.99. The minimum Gasteiger partial charge on any atom is -0.323 e. The molecule has 1 amide bonds. The molecular formula is C20H18N4OS. The zero-order chi connectivity index (χ0) is 18.4. The average molecular weight is 362 g/mol. The lowest BCUT2D eigenvalue weighted by Crippen LogP contribution is -2.07. The van der Waals surface area contributed by atoms with E-state index in [4.69, 9.17) is 0 Å². The van der Waals surface area contributed by atoms with Crippen LogP contribution >= 0.6 is 11.8 Å². The monoisotopic (exact) mass is 362 g/mol. The van der Waals surface area contributed by atoms with Gasteiger partial charge >= 0.3 is 0 Å². The van der Waals surface area contributed by atoms with Gasteiger partial charge in [-0.25, -0.2) is 9.97 Å². The van der Waals surface area contributed by atoms with Crippen LogP contribution in [0.4, 0.5) is 5.69 Å². The minimum atomic E-state index is -0.188. The number of aromatic nitrogens is 3. The number of carbonyl (C=O) groups excluding carboxylic acids is 1. The zero-order valence-electron chi connectivity index (χ0n) is 14.5. The Bertz CT molecular complexity index is 904. The van der Waals surface area contributed by atoms with Gasteiger partial charge in [0, 0.05) is 40.4 Å². The molecule has 26 heavy (non-hydrogen) atoms. The third-order valence-electron chi connectivity index (χ3n) is 3.40. The van der Waals surface area contributed by atoms with Crippen LogP contribution in [0.1, 0.15) is 17.0 Å². The van der Waals surface area contributed by atoms with E-state index in [1.165, 1.54) is 17.8 Å². The van der Waals surface area contributed by atoms with Gasteiger partial charge in [-0.05, 0) is 73.6 Å². The number of rotatable bonds is 5. The van der Waals surface area contributed by atoms with E-state index in [2.05, 4.69) is 20.3 Å². The lowest BCUT2D eigenvalue weighted by Gasteiger charge is -2.05. The van der Waals surface area contributed by atoms with E-state index < -0.39 is 0 Å². The minimum absolute atomic E-state index is 0.188.